The summed E-state index contributed by atoms with van der Waals surface area (Å²) >= 11 is 1.40. The summed E-state index contributed by atoms with van der Waals surface area (Å²) in [6.45, 7) is 3.35. The molecule has 0 aliphatic carbocycles. The van der Waals surface area contributed by atoms with Gasteiger partial charge in [-0.25, -0.2) is 0 Å². The maximum Gasteiger partial charge on any atom is 0.290 e. The molecule has 3 aromatic rings. The fourth-order valence-electron chi connectivity index (χ4n) is 2.51. The summed E-state index contributed by atoms with van der Waals surface area (Å²) < 4.78 is 26.8. The van der Waals surface area contributed by atoms with Gasteiger partial charge in [0.25, 0.3) is 15.7 Å². The van der Waals surface area contributed by atoms with Crippen molar-refractivity contribution in [1.29, 1.82) is 0 Å². The largest absolute Gasteiger partial charge is 0.290 e. The third-order valence-electron chi connectivity index (χ3n) is 3.72. The van der Waals surface area contributed by atoms with Crippen molar-refractivity contribution in [2.45, 2.75) is 28.5 Å². The van der Waals surface area contributed by atoms with Gasteiger partial charge in [-0.15, -0.1) is 0 Å². The monoisotopic (exact) mass is 389 g/mol. The van der Waals surface area contributed by atoms with E-state index in [1.54, 1.807) is 13.8 Å². The Hall–Kier alpha value is -2.65. The molecule has 0 aliphatic rings. The number of rotatable bonds is 5. The SMILES string of the molecule is Cc1nn(S(=O)(=O)c2ccccc2[N+](=O)[O-])c(C)c1Sc1ccccc1. The van der Waals surface area contributed by atoms with Gasteiger partial charge < -0.3 is 0 Å². The van der Waals surface area contributed by atoms with Crippen molar-refractivity contribution in [2.24, 2.45) is 0 Å². The molecule has 0 saturated carbocycles. The van der Waals surface area contributed by atoms with Crippen molar-refractivity contribution in [3.05, 3.63) is 76.1 Å². The van der Waals surface area contributed by atoms with Crippen LogP contribution >= 0.6 is 11.8 Å². The zero-order valence-corrected chi connectivity index (χ0v) is 15.6. The van der Waals surface area contributed by atoms with Crippen LogP contribution in [0.15, 0.2) is 69.3 Å². The highest BCUT2D eigenvalue weighted by Gasteiger charge is 2.30. The molecular weight excluding hydrogens is 374 g/mol. The van der Waals surface area contributed by atoms with Crippen LogP contribution in [0.1, 0.15) is 11.4 Å². The Balaban J connectivity index is 2.11. The van der Waals surface area contributed by atoms with Crippen molar-refractivity contribution in [1.82, 2.24) is 9.19 Å². The quantitative estimate of drug-likeness (QED) is 0.487. The number of hydrogen-bond acceptors (Lipinski definition) is 6. The second-order valence-electron chi connectivity index (χ2n) is 5.49. The minimum Gasteiger partial charge on any atom is -0.258 e. The fraction of sp³-hybridized carbons (Fsp3) is 0.118. The molecule has 9 heteroatoms. The molecule has 0 unspecified atom stereocenters. The molecule has 0 bridgehead atoms. The van der Waals surface area contributed by atoms with E-state index in [4.69, 9.17) is 0 Å². The number of aryl methyl sites for hydroxylation is 1. The molecule has 7 nitrogen and oxygen atoms in total. The zero-order valence-electron chi connectivity index (χ0n) is 14.0. The third-order valence-corrected chi connectivity index (χ3v) is 6.73. The molecule has 1 aromatic heterocycles. The molecule has 0 spiro atoms. The molecule has 0 amide bonds. The van der Waals surface area contributed by atoms with E-state index in [-0.39, 0.29) is 4.90 Å². The van der Waals surface area contributed by atoms with E-state index < -0.39 is 20.6 Å². The summed E-state index contributed by atoms with van der Waals surface area (Å²) in [4.78, 5) is 11.8. The first kappa shape index (κ1) is 18.2. The van der Waals surface area contributed by atoms with Crippen LogP contribution in [-0.2, 0) is 10.0 Å². The van der Waals surface area contributed by atoms with E-state index in [2.05, 4.69) is 5.10 Å². The van der Waals surface area contributed by atoms with Gasteiger partial charge in [-0.3, -0.25) is 10.1 Å². The Kier molecular flexibility index (Phi) is 4.84. The van der Waals surface area contributed by atoms with E-state index in [1.807, 2.05) is 30.3 Å². The van der Waals surface area contributed by atoms with Gasteiger partial charge in [0.2, 0.25) is 0 Å². The smallest absolute Gasteiger partial charge is 0.258 e. The molecule has 0 fully saturated rings. The predicted molar refractivity (Wildman–Crippen MR) is 97.9 cm³/mol. The highest BCUT2D eigenvalue weighted by atomic mass is 32.2. The lowest BCUT2D eigenvalue weighted by Crippen LogP contribution is -2.17. The predicted octanol–water partition coefficient (Wildman–Crippen LogP) is 3.80. The summed E-state index contributed by atoms with van der Waals surface area (Å²) in [7, 11) is -4.19. The van der Waals surface area contributed by atoms with Crippen molar-refractivity contribution in [2.75, 3.05) is 0 Å². The minimum atomic E-state index is -4.19. The van der Waals surface area contributed by atoms with Crippen LogP contribution in [0.2, 0.25) is 0 Å². The van der Waals surface area contributed by atoms with Crippen molar-refractivity contribution >= 4 is 27.5 Å². The Morgan fingerprint density at radius 2 is 1.65 bits per heavy atom. The van der Waals surface area contributed by atoms with Crippen LogP contribution in [0, 0.1) is 24.0 Å². The molecule has 0 atom stereocenters. The van der Waals surface area contributed by atoms with Gasteiger partial charge in [-0.1, -0.05) is 42.1 Å². The van der Waals surface area contributed by atoms with Crippen LogP contribution in [0.5, 0.6) is 0 Å². The third kappa shape index (κ3) is 3.23. The van der Waals surface area contributed by atoms with Crippen LogP contribution in [0.25, 0.3) is 0 Å². The molecule has 1 heterocycles. The average molecular weight is 389 g/mol. The van der Waals surface area contributed by atoms with E-state index in [0.29, 0.717) is 16.3 Å². The average Bonchev–Trinajstić information content (AvgIpc) is 2.91. The second kappa shape index (κ2) is 6.93. The number of hydrogen-bond donors (Lipinski definition) is 0. The Morgan fingerprint density at radius 1 is 1.04 bits per heavy atom. The second-order valence-corrected chi connectivity index (χ2v) is 8.31. The first-order chi connectivity index (χ1) is 12.3. The summed E-state index contributed by atoms with van der Waals surface area (Å²) in [5.74, 6) is 0. The highest BCUT2D eigenvalue weighted by Crippen LogP contribution is 2.34. The Morgan fingerprint density at radius 3 is 2.31 bits per heavy atom. The summed E-state index contributed by atoms with van der Waals surface area (Å²) in [6.07, 6.45) is 0. The molecule has 134 valence electrons. The number of nitro groups is 1. The van der Waals surface area contributed by atoms with Gasteiger partial charge in [-0.05, 0) is 32.0 Å². The zero-order chi connectivity index (χ0) is 18.9. The Labute approximate surface area is 154 Å². The van der Waals surface area contributed by atoms with Crippen LogP contribution in [0.3, 0.4) is 0 Å². The van der Waals surface area contributed by atoms with Crippen LogP contribution in [-0.4, -0.2) is 22.5 Å². The van der Waals surface area contributed by atoms with Gasteiger partial charge in [-0.2, -0.15) is 17.6 Å². The molecule has 0 saturated heterocycles. The van der Waals surface area contributed by atoms with Gasteiger partial charge in [0, 0.05) is 11.0 Å². The lowest BCUT2D eigenvalue weighted by atomic mass is 10.3. The maximum atomic E-state index is 13.0. The molecular formula is C17H15N3O4S2. The van der Waals surface area contributed by atoms with E-state index in [9.17, 15) is 18.5 Å². The van der Waals surface area contributed by atoms with Crippen molar-refractivity contribution < 1.29 is 13.3 Å². The Bertz CT molecular complexity index is 1080. The standard InChI is InChI=1S/C17H15N3O4S2/c1-12-17(25-14-8-4-3-5-9-14)13(2)19(18-12)26(23,24)16-11-7-6-10-15(16)20(21)22/h3-11H,1-2H3. The van der Waals surface area contributed by atoms with Crippen LogP contribution in [0.4, 0.5) is 5.69 Å². The van der Waals surface area contributed by atoms with Gasteiger partial charge in [0.1, 0.15) is 0 Å². The van der Waals surface area contributed by atoms with E-state index in [1.165, 1.54) is 30.0 Å². The number of aromatic nitrogens is 2. The summed E-state index contributed by atoms with van der Waals surface area (Å²) in [5, 5.41) is 15.3. The van der Waals surface area contributed by atoms with Gasteiger partial charge in [0.15, 0.2) is 4.90 Å². The minimum absolute atomic E-state index is 0.383. The molecule has 0 N–H and O–H groups in total. The highest BCUT2D eigenvalue weighted by molar-refractivity contribution is 7.99. The van der Waals surface area contributed by atoms with Gasteiger partial charge >= 0.3 is 0 Å². The molecule has 0 radical (unpaired) electrons. The molecule has 26 heavy (non-hydrogen) atoms. The van der Waals surface area contributed by atoms with Crippen LogP contribution < -0.4 is 0 Å². The van der Waals surface area contributed by atoms with Gasteiger partial charge in [0.05, 0.1) is 21.2 Å². The topological polar surface area (TPSA) is 95.1 Å². The number of benzene rings is 2. The molecule has 2 aromatic carbocycles. The van der Waals surface area contributed by atoms with Crippen molar-refractivity contribution in [3.63, 3.8) is 0 Å². The number of nitrogens with zero attached hydrogens (tertiary/aromatic N) is 3. The lowest BCUT2D eigenvalue weighted by Gasteiger charge is -2.07. The summed E-state index contributed by atoms with van der Waals surface area (Å²) in [5.41, 5.74) is 0.477. The lowest BCUT2D eigenvalue weighted by molar-refractivity contribution is -0.387. The van der Waals surface area contributed by atoms with E-state index >= 15 is 0 Å². The fourth-order valence-corrected chi connectivity index (χ4v) is 5.05. The molecule has 3 rings (SSSR count). The summed E-state index contributed by atoms with van der Waals surface area (Å²) in [6, 6.07) is 14.8. The first-order valence-corrected chi connectivity index (χ1v) is 9.86. The maximum absolute atomic E-state index is 13.0. The number of nitro benzene ring substituents is 1. The van der Waals surface area contributed by atoms with E-state index in [0.717, 1.165) is 15.0 Å². The number of para-hydroxylation sites is 1. The van der Waals surface area contributed by atoms with Crippen molar-refractivity contribution in [3.8, 4) is 0 Å². The normalized spacial score (nSPS) is 11.5. The first-order valence-electron chi connectivity index (χ1n) is 7.60. The molecule has 0 aliphatic heterocycles.